The SMILES string of the molecule is CCCOC(CC)(OCCC)[Si](C)(OC)OC. The molecule has 0 amide bonds. The predicted molar refractivity (Wildman–Crippen MR) is 71.1 cm³/mol. The molecule has 0 bridgehead atoms. The number of rotatable bonds is 10. The van der Waals surface area contributed by atoms with E-state index >= 15 is 0 Å². The summed E-state index contributed by atoms with van der Waals surface area (Å²) >= 11 is 0. The Morgan fingerprint density at radius 1 is 0.882 bits per heavy atom. The van der Waals surface area contributed by atoms with E-state index < -0.39 is 14.0 Å². The Bertz CT molecular complexity index is 187. The second kappa shape index (κ2) is 8.21. The van der Waals surface area contributed by atoms with Crippen molar-refractivity contribution in [2.75, 3.05) is 27.4 Å². The highest BCUT2D eigenvalue weighted by atomic mass is 28.4. The van der Waals surface area contributed by atoms with Gasteiger partial charge in [-0.15, -0.1) is 0 Å². The Hall–Kier alpha value is 0.0569. The van der Waals surface area contributed by atoms with Crippen molar-refractivity contribution in [1.29, 1.82) is 0 Å². The van der Waals surface area contributed by atoms with E-state index in [9.17, 15) is 0 Å². The molecule has 0 aliphatic carbocycles. The normalized spacial score (nSPS) is 13.1. The van der Waals surface area contributed by atoms with E-state index in [2.05, 4.69) is 20.8 Å². The lowest BCUT2D eigenvalue weighted by atomic mass is 10.4. The van der Waals surface area contributed by atoms with Crippen molar-refractivity contribution in [1.82, 2.24) is 0 Å². The highest BCUT2D eigenvalue weighted by Crippen LogP contribution is 2.31. The molecule has 0 aliphatic heterocycles. The first kappa shape index (κ1) is 17.1. The van der Waals surface area contributed by atoms with Gasteiger partial charge in [-0.05, 0) is 19.4 Å². The maximum Gasteiger partial charge on any atom is 0.396 e. The average Bonchev–Trinajstić information content (AvgIpc) is 2.38. The lowest BCUT2D eigenvalue weighted by Crippen LogP contribution is -2.63. The topological polar surface area (TPSA) is 36.9 Å². The van der Waals surface area contributed by atoms with Crippen LogP contribution in [0.25, 0.3) is 0 Å². The Balaban J connectivity index is 4.99. The molecule has 17 heavy (non-hydrogen) atoms. The zero-order valence-corrected chi connectivity index (χ0v) is 13.2. The third-order valence-electron chi connectivity index (χ3n) is 3.02. The van der Waals surface area contributed by atoms with Gasteiger partial charge in [0.2, 0.25) is 5.41 Å². The quantitative estimate of drug-likeness (QED) is 0.449. The first-order valence-electron chi connectivity index (χ1n) is 6.44. The van der Waals surface area contributed by atoms with Crippen molar-refractivity contribution in [2.24, 2.45) is 0 Å². The first-order chi connectivity index (χ1) is 8.05. The molecule has 0 heterocycles. The third-order valence-corrected chi connectivity index (χ3v) is 6.60. The van der Waals surface area contributed by atoms with E-state index in [0.717, 1.165) is 19.3 Å². The molecule has 0 radical (unpaired) electrons. The summed E-state index contributed by atoms with van der Waals surface area (Å²) in [5.74, 6) is 0. The van der Waals surface area contributed by atoms with E-state index in [4.69, 9.17) is 18.3 Å². The van der Waals surface area contributed by atoms with Gasteiger partial charge in [0.15, 0.2) is 0 Å². The van der Waals surface area contributed by atoms with Crippen LogP contribution in [-0.4, -0.2) is 41.4 Å². The van der Waals surface area contributed by atoms with Crippen LogP contribution in [-0.2, 0) is 18.3 Å². The van der Waals surface area contributed by atoms with Gasteiger partial charge in [0.1, 0.15) is 0 Å². The van der Waals surface area contributed by atoms with Crippen molar-refractivity contribution in [3.8, 4) is 0 Å². The molecule has 104 valence electrons. The van der Waals surface area contributed by atoms with Crippen LogP contribution in [0.2, 0.25) is 6.55 Å². The van der Waals surface area contributed by atoms with Crippen LogP contribution in [0.5, 0.6) is 0 Å². The summed E-state index contributed by atoms with van der Waals surface area (Å²) in [6, 6.07) is 0. The fraction of sp³-hybridized carbons (Fsp3) is 1.00. The van der Waals surface area contributed by atoms with E-state index in [0.29, 0.717) is 13.2 Å². The second-order valence-electron chi connectivity index (χ2n) is 4.16. The minimum atomic E-state index is -2.50. The molecule has 0 aromatic rings. The first-order valence-corrected chi connectivity index (χ1v) is 8.75. The van der Waals surface area contributed by atoms with Gasteiger partial charge in [-0.2, -0.15) is 0 Å². The van der Waals surface area contributed by atoms with Crippen LogP contribution in [0.4, 0.5) is 0 Å². The van der Waals surface area contributed by atoms with Crippen LogP contribution in [0.15, 0.2) is 0 Å². The molecule has 0 spiro atoms. The van der Waals surface area contributed by atoms with Gasteiger partial charge in [-0.25, -0.2) is 0 Å². The number of hydrogen-bond acceptors (Lipinski definition) is 4. The van der Waals surface area contributed by atoms with Gasteiger partial charge in [0, 0.05) is 33.9 Å². The van der Waals surface area contributed by atoms with Crippen LogP contribution in [0.3, 0.4) is 0 Å². The molecule has 0 atom stereocenters. The Morgan fingerprint density at radius 3 is 1.53 bits per heavy atom. The molecule has 5 heteroatoms. The highest BCUT2D eigenvalue weighted by Gasteiger charge is 2.55. The lowest BCUT2D eigenvalue weighted by molar-refractivity contribution is -0.206. The lowest BCUT2D eigenvalue weighted by Gasteiger charge is -2.42. The zero-order valence-electron chi connectivity index (χ0n) is 12.2. The monoisotopic (exact) mass is 264 g/mol. The second-order valence-corrected chi connectivity index (χ2v) is 7.63. The minimum absolute atomic E-state index is 0.660. The summed E-state index contributed by atoms with van der Waals surface area (Å²) in [7, 11) is 0.847. The molecule has 0 aromatic heterocycles. The molecule has 0 N–H and O–H groups in total. The molecule has 0 fully saturated rings. The summed E-state index contributed by atoms with van der Waals surface area (Å²) in [5, 5.41) is 0. The van der Waals surface area contributed by atoms with Crippen molar-refractivity contribution in [3.05, 3.63) is 0 Å². The van der Waals surface area contributed by atoms with Crippen molar-refractivity contribution in [3.63, 3.8) is 0 Å². The van der Waals surface area contributed by atoms with Crippen molar-refractivity contribution in [2.45, 2.75) is 52.0 Å². The molecular formula is C12H28O4Si. The van der Waals surface area contributed by atoms with Gasteiger partial charge in [0.25, 0.3) is 0 Å². The van der Waals surface area contributed by atoms with Gasteiger partial charge in [-0.1, -0.05) is 20.8 Å². The van der Waals surface area contributed by atoms with E-state index in [1.807, 2.05) is 6.55 Å². The molecule has 0 rings (SSSR count). The molecule has 0 aromatic carbocycles. The van der Waals surface area contributed by atoms with E-state index in [1.54, 1.807) is 14.2 Å². The van der Waals surface area contributed by atoms with Gasteiger partial charge >= 0.3 is 8.56 Å². The maximum absolute atomic E-state index is 5.97. The summed E-state index contributed by atoms with van der Waals surface area (Å²) in [6.45, 7) is 9.52. The summed E-state index contributed by atoms with van der Waals surface area (Å²) < 4.78 is 23.1. The smallest absolute Gasteiger partial charge is 0.395 e. The fourth-order valence-electron chi connectivity index (χ4n) is 1.76. The average molecular weight is 264 g/mol. The van der Waals surface area contributed by atoms with Crippen LogP contribution in [0, 0.1) is 0 Å². The predicted octanol–water partition coefficient (Wildman–Crippen LogP) is 2.85. The number of hydrogen-bond donors (Lipinski definition) is 0. The standard InChI is InChI=1S/C12H28O4Si/c1-7-10-15-12(9-3,16-11-8-2)17(6,13-4)14-5/h7-11H2,1-6H3. The summed E-state index contributed by atoms with van der Waals surface area (Å²) in [5.41, 5.74) is -0.706. The molecule has 0 saturated carbocycles. The third kappa shape index (κ3) is 4.03. The van der Waals surface area contributed by atoms with Crippen LogP contribution < -0.4 is 0 Å². The fourth-order valence-corrected chi connectivity index (χ4v) is 3.92. The van der Waals surface area contributed by atoms with E-state index in [-0.39, 0.29) is 0 Å². The largest absolute Gasteiger partial charge is 0.396 e. The number of ether oxygens (including phenoxy) is 2. The molecule has 0 saturated heterocycles. The Labute approximate surface area is 107 Å². The summed E-state index contributed by atoms with van der Waals surface area (Å²) in [4.78, 5) is 0. The van der Waals surface area contributed by atoms with Crippen molar-refractivity contribution >= 4 is 8.56 Å². The molecule has 0 unspecified atom stereocenters. The van der Waals surface area contributed by atoms with Gasteiger partial charge in [-0.3, -0.25) is 0 Å². The summed E-state index contributed by atoms with van der Waals surface area (Å²) in [6.07, 6.45) is 2.64. The van der Waals surface area contributed by atoms with Gasteiger partial charge < -0.3 is 18.3 Å². The molecular weight excluding hydrogens is 236 g/mol. The van der Waals surface area contributed by atoms with E-state index in [1.165, 1.54) is 0 Å². The minimum Gasteiger partial charge on any atom is -0.395 e. The highest BCUT2D eigenvalue weighted by molar-refractivity contribution is 6.68. The maximum atomic E-state index is 5.97. The van der Waals surface area contributed by atoms with Gasteiger partial charge in [0.05, 0.1) is 0 Å². The molecule has 4 nitrogen and oxygen atoms in total. The molecule has 0 aliphatic rings. The van der Waals surface area contributed by atoms with Crippen LogP contribution in [0.1, 0.15) is 40.0 Å². The zero-order chi connectivity index (χ0) is 13.4. The van der Waals surface area contributed by atoms with Crippen molar-refractivity contribution < 1.29 is 18.3 Å². The Morgan fingerprint density at radius 2 is 1.29 bits per heavy atom. The Kier molecular flexibility index (Phi) is 8.24. The van der Waals surface area contributed by atoms with Crippen LogP contribution >= 0.6 is 0 Å².